The van der Waals surface area contributed by atoms with Gasteiger partial charge in [-0.1, -0.05) is 13.8 Å². The molecule has 0 spiro atoms. The zero-order valence-electron chi connectivity index (χ0n) is 16.8. The molecule has 0 bridgehead atoms. The molecule has 0 aromatic carbocycles. The Hall–Kier alpha value is -1.47. The quantitative estimate of drug-likeness (QED) is 0.814. The number of aryl methyl sites for hydroxylation is 1. The summed E-state index contributed by atoms with van der Waals surface area (Å²) in [5.41, 5.74) is 0. The van der Waals surface area contributed by atoms with E-state index in [1.807, 2.05) is 11.6 Å². The molecule has 3 heterocycles. The van der Waals surface area contributed by atoms with E-state index in [-0.39, 0.29) is 30.1 Å². The minimum absolute atomic E-state index is 0.0600. The van der Waals surface area contributed by atoms with Crippen molar-refractivity contribution in [3.8, 4) is 0 Å². The van der Waals surface area contributed by atoms with E-state index in [4.69, 9.17) is 4.74 Å². The molecule has 1 amide bonds. The second-order valence-electron chi connectivity index (χ2n) is 8.30. The molecule has 0 aliphatic carbocycles. The first-order valence-electron chi connectivity index (χ1n) is 9.89. The van der Waals surface area contributed by atoms with Crippen LogP contribution in [0.1, 0.15) is 52.3 Å². The summed E-state index contributed by atoms with van der Waals surface area (Å²) in [6.45, 7) is 11.7. The van der Waals surface area contributed by atoms with Crippen LogP contribution < -0.4 is 0 Å². The molecule has 2 aliphatic heterocycles. The Morgan fingerprint density at radius 3 is 2.31 bits per heavy atom. The summed E-state index contributed by atoms with van der Waals surface area (Å²) in [6, 6.07) is -0.0600. The van der Waals surface area contributed by atoms with Crippen molar-refractivity contribution in [2.75, 3.05) is 26.2 Å². The van der Waals surface area contributed by atoms with Crippen LogP contribution in [-0.4, -0.2) is 74.9 Å². The Morgan fingerprint density at radius 1 is 1.19 bits per heavy atom. The van der Waals surface area contributed by atoms with Crippen molar-refractivity contribution in [2.24, 2.45) is 13.0 Å². The fraction of sp³-hybridized carbons (Fsp3) is 0.842. The number of ether oxygens (including phenoxy) is 1. The summed E-state index contributed by atoms with van der Waals surface area (Å²) in [7, 11) is 1.99. The minimum atomic E-state index is -0.0600. The number of aromatic nitrogens is 3. The molecule has 2 saturated heterocycles. The third-order valence-corrected chi connectivity index (χ3v) is 5.64. The standard InChI is InChI=1S/C19H33N5O2/c1-13(2)17(24-10-14(3)26-15(4)11-24)19(25)23-8-6-16(7-9-23)18-21-20-12-22(18)5/h12-17H,6-11H2,1-5H3. The summed E-state index contributed by atoms with van der Waals surface area (Å²) in [5.74, 6) is 2.00. The maximum absolute atomic E-state index is 13.3. The number of piperidine rings is 1. The Bertz CT molecular complexity index is 599. The average molecular weight is 364 g/mol. The van der Waals surface area contributed by atoms with E-state index in [1.54, 1.807) is 6.33 Å². The summed E-state index contributed by atoms with van der Waals surface area (Å²) in [6.07, 6.45) is 4.02. The van der Waals surface area contributed by atoms with Crippen LogP contribution in [0.4, 0.5) is 0 Å². The zero-order valence-corrected chi connectivity index (χ0v) is 16.8. The Kier molecular flexibility index (Phi) is 5.97. The van der Waals surface area contributed by atoms with Crippen molar-refractivity contribution in [1.29, 1.82) is 0 Å². The van der Waals surface area contributed by atoms with Crippen LogP contribution in [0.15, 0.2) is 6.33 Å². The number of likely N-dealkylation sites (tertiary alicyclic amines) is 1. The molecule has 0 N–H and O–H groups in total. The molecular formula is C19H33N5O2. The van der Waals surface area contributed by atoms with Gasteiger partial charge in [-0.3, -0.25) is 9.69 Å². The summed E-state index contributed by atoms with van der Waals surface area (Å²) in [4.78, 5) is 17.7. The van der Waals surface area contributed by atoms with Crippen LogP contribution in [-0.2, 0) is 16.6 Å². The van der Waals surface area contributed by atoms with Gasteiger partial charge in [-0.05, 0) is 32.6 Å². The molecule has 26 heavy (non-hydrogen) atoms. The first-order valence-corrected chi connectivity index (χ1v) is 9.89. The number of hydrogen-bond donors (Lipinski definition) is 0. The van der Waals surface area contributed by atoms with Crippen LogP contribution in [0.5, 0.6) is 0 Å². The first kappa shape index (κ1) is 19.3. The highest BCUT2D eigenvalue weighted by Gasteiger charge is 2.37. The van der Waals surface area contributed by atoms with E-state index < -0.39 is 0 Å². The molecule has 2 aliphatic rings. The SMILES string of the molecule is CC1CN(C(C(=O)N2CCC(c3nncn3C)CC2)C(C)C)CC(C)O1. The highest BCUT2D eigenvalue weighted by Crippen LogP contribution is 2.28. The average Bonchev–Trinajstić information content (AvgIpc) is 3.00. The number of rotatable bonds is 4. The summed E-state index contributed by atoms with van der Waals surface area (Å²) in [5, 5.41) is 8.24. The van der Waals surface area contributed by atoms with Gasteiger partial charge in [0.2, 0.25) is 5.91 Å². The lowest BCUT2D eigenvalue weighted by molar-refractivity contribution is -0.146. The smallest absolute Gasteiger partial charge is 0.240 e. The number of amides is 1. The van der Waals surface area contributed by atoms with Crippen LogP contribution in [0.3, 0.4) is 0 Å². The maximum Gasteiger partial charge on any atom is 0.240 e. The van der Waals surface area contributed by atoms with Gasteiger partial charge in [0, 0.05) is 39.1 Å². The van der Waals surface area contributed by atoms with Crippen LogP contribution in [0.2, 0.25) is 0 Å². The molecule has 3 unspecified atom stereocenters. The molecule has 1 aromatic heterocycles. The Labute approximate surface area is 156 Å². The molecule has 3 atom stereocenters. The van der Waals surface area contributed by atoms with Gasteiger partial charge < -0.3 is 14.2 Å². The van der Waals surface area contributed by atoms with Crippen molar-refractivity contribution in [2.45, 2.75) is 64.7 Å². The van der Waals surface area contributed by atoms with Gasteiger partial charge in [0.15, 0.2) is 0 Å². The Balaban J connectivity index is 1.64. The lowest BCUT2D eigenvalue weighted by atomic mass is 9.93. The number of carbonyl (C=O) groups excluding carboxylic acids is 1. The van der Waals surface area contributed by atoms with Crippen LogP contribution in [0.25, 0.3) is 0 Å². The van der Waals surface area contributed by atoms with Gasteiger partial charge in [-0.2, -0.15) is 0 Å². The lowest BCUT2D eigenvalue weighted by Crippen LogP contribution is -2.58. The van der Waals surface area contributed by atoms with Crippen molar-refractivity contribution < 1.29 is 9.53 Å². The first-order chi connectivity index (χ1) is 12.4. The summed E-state index contributed by atoms with van der Waals surface area (Å²) >= 11 is 0. The van der Waals surface area contributed by atoms with Crippen LogP contribution >= 0.6 is 0 Å². The predicted molar refractivity (Wildman–Crippen MR) is 99.8 cm³/mol. The molecule has 0 saturated carbocycles. The van der Waals surface area contributed by atoms with Crippen molar-refractivity contribution in [1.82, 2.24) is 24.6 Å². The van der Waals surface area contributed by atoms with E-state index in [1.165, 1.54) is 0 Å². The zero-order chi connectivity index (χ0) is 18.8. The van der Waals surface area contributed by atoms with E-state index in [2.05, 4.69) is 47.7 Å². The lowest BCUT2D eigenvalue weighted by Gasteiger charge is -2.43. The third-order valence-electron chi connectivity index (χ3n) is 5.64. The van der Waals surface area contributed by atoms with Gasteiger partial charge in [-0.15, -0.1) is 10.2 Å². The second kappa shape index (κ2) is 8.05. The fourth-order valence-electron chi connectivity index (χ4n) is 4.51. The van der Waals surface area contributed by atoms with E-state index >= 15 is 0 Å². The van der Waals surface area contributed by atoms with E-state index in [9.17, 15) is 4.79 Å². The van der Waals surface area contributed by atoms with Gasteiger partial charge in [0.05, 0.1) is 18.2 Å². The molecule has 0 radical (unpaired) electrons. The Morgan fingerprint density at radius 2 is 1.81 bits per heavy atom. The van der Waals surface area contributed by atoms with Gasteiger partial charge >= 0.3 is 0 Å². The normalized spacial score (nSPS) is 27.1. The summed E-state index contributed by atoms with van der Waals surface area (Å²) < 4.78 is 7.85. The van der Waals surface area contributed by atoms with Gasteiger partial charge in [0.25, 0.3) is 0 Å². The molecule has 146 valence electrons. The third kappa shape index (κ3) is 4.09. The van der Waals surface area contributed by atoms with Crippen molar-refractivity contribution >= 4 is 5.91 Å². The van der Waals surface area contributed by atoms with E-state index in [0.717, 1.165) is 44.8 Å². The second-order valence-corrected chi connectivity index (χ2v) is 8.30. The number of hydrogen-bond acceptors (Lipinski definition) is 5. The fourth-order valence-corrected chi connectivity index (χ4v) is 4.51. The van der Waals surface area contributed by atoms with Gasteiger partial charge in [-0.25, -0.2) is 0 Å². The molecular weight excluding hydrogens is 330 g/mol. The molecule has 7 heteroatoms. The molecule has 1 aromatic rings. The van der Waals surface area contributed by atoms with Crippen LogP contribution in [0, 0.1) is 5.92 Å². The maximum atomic E-state index is 13.3. The predicted octanol–water partition coefficient (Wildman–Crippen LogP) is 1.65. The highest BCUT2D eigenvalue weighted by atomic mass is 16.5. The monoisotopic (exact) mass is 363 g/mol. The largest absolute Gasteiger partial charge is 0.373 e. The number of morpholine rings is 1. The van der Waals surface area contributed by atoms with E-state index in [0.29, 0.717) is 5.92 Å². The molecule has 2 fully saturated rings. The van der Waals surface area contributed by atoms with Gasteiger partial charge in [0.1, 0.15) is 12.2 Å². The topological polar surface area (TPSA) is 63.5 Å². The molecule has 3 rings (SSSR count). The minimum Gasteiger partial charge on any atom is -0.373 e. The van der Waals surface area contributed by atoms with Crippen molar-refractivity contribution in [3.63, 3.8) is 0 Å². The van der Waals surface area contributed by atoms with Crippen molar-refractivity contribution in [3.05, 3.63) is 12.2 Å². The number of nitrogens with zero attached hydrogens (tertiary/aromatic N) is 5. The number of carbonyl (C=O) groups is 1. The highest BCUT2D eigenvalue weighted by molar-refractivity contribution is 5.82. The molecule has 7 nitrogen and oxygen atoms in total.